The van der Waals surface area contributed by atoms with E-state index in [0.717, 1.165) is 13.1 Å². The fraction of sp³-hybridized carbons (Fsp3) is 0.571. The number of hydrogen-bond donors (Lipinski definition) is 1. The normalized spacial score (nSPS) is 11.8. The highest BCUT2D eigenvalue weighted by molar-refractivity contribution is 6.30. The van der Waals surface area contributed by atoms with E-state index in [2.05, 4.69) is 19.2 Å². The molecule has 0 radical (unpaired) electrons. The molecule has 2 nitrogen and oxygen atoms in total. The van der Waals surface area contributed by atoms with Crippen LogP contribution in [0.3, 0.4) is 0 Å². The van der Waals surface area contributed by atoms with E-state index in [4.69, 9.17) is 16.3 Å². The molecule has 0 aromatic heterocycles. The van der Waals surface area contributed by atoms with Crippen LogP contribution >= 0.6 is 11.6 Å². The predicted octanol–water partition coefficient (Wildman–Crippen LogP) is 3.28. The van der Waals surface area contributed by atoms with Gasteiger partial charge in [-0.05, 0) is 29.5 Å². The van der Waals surface area contributed by atoms with Gasteiger partial charge in [0.25, 0.3) is 0 Å². The maximum atomic E-state index is 13.7. The first-order valence-electron chi connectivity index (χ1n) is 6.08. The molecule has 102 valence electrons. The van der Waals surface area contributed by atoms with Crippen LogP contribution in [0.5, 0.6) is 0 Å². The Kier molecular flexibility index (Phi) is 6.06. The monoisotopic (exact) mass is 273 g/mol. The molecule has 0 heterocycles. The Morgan fingerprint density at radius 1 is 1.39 bits per heavy atom. The standard InChI is InChI=1S/C14H21ClFNO/c1-14(2,10-17-6-7-18-3)9-11-4-5-12(15)8-13(11)16/h4-5,8,17H,6-7,9-10H2,1-3H3. The number of rotatable bonds is 7. The first-order chi connectivity index (χ1) is 8.44. The smallest absolute Gasteiger partial charge is 0.127 e. The van der Waals surface area contributed by atoms with Crippen molar-refractivity contribution in [3.05, 3.63) is 34.6 Å². The Morgan fingerprint density at radius 3 is 2.72 bits per heavy atom. The number of benzene rings is 1. The van der Waals surface area contributed by atoms with Crippen molar-refractivity contribution in [3.8, 4) is 0 Å². The van der Waals surface area contributed by atoms with Gasteiger partial charge in [-0.25, -0.2) is 4.39 Å². The van der Waals surface area contributed by atoms with Crippen LogP contribution in [0.2, 0.25) is 5.02 Å². The summed E-state index contributed by atoms with van der Waals surface area (Å²) in [6, 6.07) is 4.86. The number of hydrogen-bond acceptors (Lipinski definition) is 2. The van der Waals surface area contributed by atoms with Gasteiger partial charge in [0.05, 0.1) is 6.61 Å². The molecule has 0 aliphatic carbocycles. The second-order valence-electron chi connectivity index (χ2n) is 5.25. The van der Waals surface area contributed by atoms with Crippen molar-refractivity contribution in [3.63, 3.8) is 0 Å². The molecule has 0 atom stereocenters. The van der Waals surface area contributed by atoms with Crippen LogP contribution < -0.4 is 5.32 Å². The Morgan fingerprint density at radius 2 is 2.11 bits per heavy atom. The molecule has 0 aliphatic rings. The van der Waals surface area contributed by atoms with Crippen molar-refractivity contribution in [2.45, 2.75) is 20.3 Å². The van der Waals surface area contributed by atoms with Crippen molar-refractivity contribution in [1.29, 1.82) is 0 Å². The first-order valence-corrected chi connectivity index (χ1v) is 6.46. The summed E-state index contributed by atoms with van der Waals surface area (Å²) in [5, 5.41) is 3.74. The van der Waals surface area contributed by atoms with Crippen LogP contribution in [0.25, 0.3) is 0 Å². The molecule has 0 saturated carbocycles. The molecule has 1 rings (SSSR count). The molecule has 0 saturated heterocycles. The van der Waals surface area contributed by atoms with Crippen LogP contribution in [-0.2, 0) is 11.2 Å². The molecular formula is C14H21ClFNO. The lowest BCUT2D eigenvalue weighted by Crippen LogP contribution is -2.33. The molecule has 0 aliphatic heterocycles. The molecule has 0 fully saturated rings. The Labute approximate surface area is 113 Å². The fourth-order valence-corrected chi connectivity index (χ4v) is 2.00. The summed E-state index contributed by atoms with van der Waals surface area (Å²) in [6.07, 6.45) is 0.677. The van der Waals surface area contributed by atoms with E-state index in [9.17, 15) is 4.39 Å². The van der Waals surface area contributed by atoms with E-state index >= 15 is 0 Å². The SMILES string of the molecule is COCCNCC(C)(C)Cc1ccc(Cl)cc1F. The average Bonchev–Trinajstić information content (AvgIpc) is 2.28. The third-order valence-corrected chi connectivity index (χ3v) is 3.01. The molecule has 1 N–H and O–H groups in total. The Hall–Kier alpha value is -0.640. The Bertz CT molecular complexity index is 382. The van der Waals surface area contributed by atoms with E-state index in [1.165, 1.54) is 6.07 Å². The van der Waals surface area contributed by atoms with Gasteiger partial charge in [0.2, 0.25) is 0 Å². The van der Waals surface area contributed by atoms with E-state index in [-0.39, 0.29) is 11.2 Å². The summed E-state index contributed by atoms with van der Waals surface area (Å²) in [4.78, 5) is 0. The van der Waals surface area contributed by atoms with Crippen molar-refractivity contribution in [2.75, 3.05) is 26.8 Å². The lowest BCUT2D eigenvalue weighted by Gasteiger charge is -2.25. The van der Waals surface area contributed by atoms with Gasteiger partial charge < -0.3 is 10.1 Å². The van der Waals surface area contributed by atoms with Crippen molar-refractivity contribution in [2.24, 2.45) is 5.41 Å². The lowest BCUT2D eigenvalue weighted by atomic mass is 9.85. The fourth-order valence-electron chi connectivity index (χ4n) is 1.84. The highest BCUT2D eigenvalue weighted by Crippen LogP contribution is 2.24. The molecule has 0 amide bonds. The molecule has 4 heteroatoms. The van der Waals surface area contributed by atoms with Gasteiger partial charge in [0.1, 0.15) is 5.82 Å². The van der Waals surface area contributed by atoms with E-state index < -0.39 is 0 Å². The zero-order valence-electron chi connectivity index (χ0n) is 11.2. The van der Waals surface area contributed by atoms with Crippen LogP contribution in [0, 0.1) is 11.2 Å². The number of ether oxygens (including phenoxy) is 1. The molecule has 1 aromatic carbocycles. The maximum absolute atomic E-state index is 13.7. The van der Waals surface area contributed by atoms with Gasteiger partial charge in [-0.15, -0.1) is 0 Å². The largest absolute Gasteiger partial charge is 0.383 e. The molecular weight excluding hydrogens is 253 g/mol. The minimum absolute atomic E-state index is 0.0115. The maximum Gasteiger partial charge on any atom is 0.127 e. The quantitative estimate of drug-likeness (QED) is 0.770. The van der Waals surface area contributed by atoms with Crippen LogP contribution in [-0.4, -0.2) is 26.8 Å². The second-order valence-corrected chi connectivity index (χ2v) is 5.68. The van der Waals surface area contributed by atoms with E-state index in [1.807, 2.05) is 0 Å². The van der Waals surface area contributed by atoms with Gasteiger partial charge in [0, 0.05) is 25.2 Å². The predicted molar refractivity (Wildman–Crippen MR) is 73.6 cm³/mol. The summed E-state index contributed by atoms with van der Waals surface area (Å²) < 4.78 is 18.7. The minimum atomic E-state index is -0.229. The summed E-state index contributed by atoms with van der Waals surface area (Å²) in [5.41, 5.74) is 0.695. The first kappa shape index (κ1) is 15.4. The molecule has 18 heavy (non-hydrogen) atoms. The number of nitrogens with one attached hydrogen (secondary N) is 1. The summed E-state index contributed by atoms with van der Waals surface area (Å²) >= 11 is 5.74. The molecule has 0 unspecified atom stereocenters. The zero-order valence-corrected chi connectivity index (χ0v) is 12.0. The third-order valence-electron chi connectivity index (χ3n) is 2.77. The highest BCUT2D eigenvalue weighted by atomic mass is 35.5. The Balaban J connectivity index is 2.53. The summed E-state index contributed by atoms with van der Waals surface area (Å²) in [5.74, 6) is -0.229. The van der Waals surface area contributed by atoms with Crippen LogP contribution in [0.15, 0.2) is 18.2 Å². The van der Waals surface area contributed by atoms with Crippen molar-refractivity contribution < 1.29 is 9.13 Å². The van der Waals surface area contributed by atoms with E-state index in [1.54, 1.807) is 19.2 Å². The molecule has 0 bridgehead atoms. The minimum Gasteiger partial charge on any atom is -0.383 e. The van der Waals surface area contributed by atoms with Gasteiger partial charge in [-0.1, -0.05) is 31.5 Å². The number of methoxy groups -OCH3 is 1. The molecule has 1 aromatic rings. The summed E-state index contributed by atoms with van der Waals surface area (Å²) in [7, 11) is 1.68. The second kappa shape index (κ2) is 7.07. The van der Waals surface area contributed by atoms with Crippen LogP contribution in [0.1, 0.15) is 19.4 Å². The van der Waals surface area contributed by atoms with Crippen molar-refractivity contribution >= 4 is 11.6 Å². The highest BCUT2D eigenvalue weighted by Gasteiger charge is 2.20. The van der Waals surface area contributed by atoms with Crippen LogP contribution in [0.4, 0.5) is 4.39 Å². The van der Waals surface area contributed by atoms with Gasteiger partial charge in [-0.2, -0.15) is 0 Å². The topological polar surface area (TPSA) is 21.3 Å². The lowest BCUT2D eigenvalue weighted by molar-refractivity contribution is 0.194. The zero-order chi connectivity index (χ0) is 13.6. The molecule has 0 spiro atoms. The van der Waals surface area contributed by atoms with Gasteiger partial charge in [0.15, 0.2) is 0 Å². The van der Waals surface area contributed by atoms with Gasteiger partial charge >= 0.3 is 0 Å². The van der Waals surface area contributed by atoms with Crippen molar-refractivity contribution in [1.82, 2.24) is 5.32 Å². The van der Waals surface area contributed by atoms with E-state index in [0.29, 0.717) is 23.6 Å². The average molecular weight is 274 g/mol. The summed E-state index contributed by atoms with van der Waals surface area (Å²) in [6.45, 7) is 6.54. The third kappa shape index (κ3) is 5.34. The van der Waals surface area contributed by atoms with Gasteiger partial charge in [-0.3, -0.25) is 0 Å². The number of halogens is 2.